The van der Waals surface area contributed by atoms with Gasteiger partial charge in [-0.3, -0.25) is 4.98 Å². The molecule has 4 heteroatoms. The van der Waals surface area contributed by atoms with Crippen LogP contribution in [0, 0.1) is 6.92 Å². The molecule has 0 bridgehead atoms. The Morgan fingerprint density at radius 3 is 2.95 bits per heavy atom. The Morgan fingerprint density at radius 1 is 1.20 bits per heavy atom. The third-order valence-electron chi connectivity index (χ3n) is 3.11. The van der Waals surface area contributed by atoms with Gasteiger partial charge in [0.15, 0.2) is 5.76 Å². The molecular formula is C16H17N3O. The van der Waals surface area contributed by atoms with Crippen LogP contribution in [-0.2, 0) is 0 Å². The minimum Gasteiger partial charge on any atom is -0.454 e. The smallest absolute Gasteiger partial charge is 0.155 e. The van der Waals surface area contributed by atoms with E-state index in [1.807, 2.05) is 18.2 Å². The first-order valence-electron chi connectivity index (χ1n) is 6.83. The average Bonchev–Trinajstić information content (AvgIpc) is 2.88. The summed E-state index contributed by atoms with van der Waals surface area (Å²) in [5.74, 6) is 1.53. The highest BCUT2D eigenvalue weighted by Crippen LogP contribution is 2.27. The van der Waals surface area contributed by atoms with Gasteiger partial charge in [0.2, 0.25) is 0 Å². The monoisotopic (exact) mass is 267 g/mol. The van der Waals surface area contributed by atoms with Crippen molar-refractivity contribution in [2.75, 3.05) is 11.9 Å². The molecule has 0 aliphatic heterocycles. The third kappa shape index (κ3) is 2.50. The lowest BCUT2D eigenvalue weighted by molar-refractivity contribution is 0.628. The van der Waals surface area contributed by atoms with Gasteiger partial charge in [-0.15, -0.1) is 0 Å². The Kier molecular flexibility index (Phi) is 3.37. The van der Waals surface area contributed by atoms with Crippen molar-refractivity contribution >= 4 is 16.8 Å². The number of anilines is 1. The molecule has 0 saturated carbocycles. The predicted molar refractivity (Wildman–Crippen MR) is 80.8 cm³/mol. The van der Waals surface area contributed by atoms with Crippen LogP contribution in [0.2, 0.25) is 0 Å². The quantitative estimate of drug-likeness (QED) is 0.775. The molecule has 102 valence electrons. The lowest BCUT2D eigenvalue weighted by atomic mass is 10.2. The molecule has 2 heterocycles. The van der Waals surface area contributed by atoms with Crippen molar-refractivity contribution in [1.82, 2.24) is 9.97 Å². The van der Waals surface area contributed by atoms with E-state index in [-0.39, 0.29) is 0 Å². The number of aryl methyl sites for hydroxylation is 1. The van der Waals surface area contributed by atoms with Crippen molar-refractivity contribution < 1.29 is 4.42 Å². The maximum atomic E-state index is 5.84. The molecule has 20 heavy (non-hydrogen) atoms. The van der Waals surface area contributed by atoms with Crippen molar-refractivity contribution in [1.29, 1.82) is 0 Å². The van der Waals surface area contributed by atoms with Gasteiger partial charge in [-0.1, -0.05) is 18.6 Å². The summed E-state index contributed by atoms with van der Waals surface area (Å²) in [5, 5.41) is 4.32. The second-order valence-corrected chi connectivity index (χ2v) is 4.87. The number of hydrogen-bond donors (Lipinski definition) is 1. The second kappa shape index (κ2) is 5.33. The van der Waals surface area contributed by atoms with Crippen LogP contribution in [0.15, 0.2) is 41.1 Å². The number of furan rings is 1. The molecule has 0 atom stereocenters. The fraction of sp³-hybridized carbons (Fsp3) is 0.250. The van der Waals surface area contributed by atoms with E-state index in [0.29, 0.717) is 0 Å². The Labute approximate surface area is 117 Å². The highest BCUT2D eigenvalue weighted by atomic mass is 16.3. The van der Waals surface area contributed by atoms with Crippen molar-refractivity contribution in [2.45, 2.75) is 20.3 Å². The maximum Gasteiger partial charge on any atom is 0.155 e. The molecule has 0 fully saturated rings. The molecule has 2 aromatic heterocycles. The molecule has 3 rings (SSSR count). The highest BCUT2D eigenvalue weighted by molar-refractivity contribution is 5.82. The number of benzene rings is 1. The zero-order valence-electron chi connectivity index (χ0n) is 11.7. The topological polar surface area (TPSA) is 51.0 Å². The van der Waals surface area contributed by atoms with Gasteiger partial charge < -0.3 is 9.73 Å². The Bertz CT molecular complexity index is 733. The molecule has 0 aliphatic carbocycles. The number of nitrogens with zero attached hydrogens (tertiary/aromatic N) is 2. The van der Waals surface area contributed by atoms with E-state index in [2.05, 4.69) is 35.2 Å². The molecule has 0 unspecified atom stereocenters. The van der Waals surface area contributed by atoms with E-state index in [9.17, 15) is 0 Å². The first-order valence-corrected chi connectivity index (χ1v) is 6.83. The fourth-order valence-electron chi connectivity index (χ4n) is 2.11. The predicted octanol–water partition coefficient (Wildman–Crippen LogP) is 4.02. The van der Waals surface area contributed by atoms with E-state index in [4.69, 9.17) is 4.42 Å². The number of hydrogen-bond acceptors (Lipinski definition) is 4. The van der Waals surface area contributed by atoms with Crippen LogP contribution in [0.25, 0.3) is 22.4 Å². The summed E-state index contributed by atoms with van der Waals surface area (Å²) >= 11 is 0. The van der Waals surface area contributed by atoms with Crippen LogP contribution in [0.1, 0.15) is 18.9 Å². The lowest BCUT2D eigenvalue weighted by Crippen LogP contribution is -2.02. The zero-order valence-corrected chi connectivity index (χ0v) is 11.7. The van der Waals surface area contributed by atoms with E-state index in [1.165, 1.54) is 5.56 Å². The molecule has 0 aliphatic rings. The normalized spacial score (nSPS) is 10.9. The Morgan fingerprint density at radius 2 is 2.10 bits per heavy atom. The van der Waals surface area contributed by atoms with Crippen LogP contribution in [0.3, 0.4) is 0 Å². The molecule has 0 saturated heterocycles. The molecule has 0 amide bonds. The van der Waals surface area contributed by atoms with Gasteiger partial charge >= 0.3 is 0 Å². The number of fused-ring (bicyclic) bond motifs is 1. The summed E-state index contributed by atoms with van der Waals surface area (Å²) in [4.78, 5) is 8.75. The van der Waals surface area contributed by atoms with Crippen molar-refractivity contribution in [3.8, 4) is 11.5 Å². The Hall–Kier alpha value is -2.36. The van der Waals surface area contributed by atoms with Crippen molar-refractivity contribution in [3.05, 3.63) is 42.2 Å². The largest absolute Gasteiger partial charge is 0.454 e. The van der Waals surface area contributed by atoms with Crippen LogP contribution in [0.5, 0.6) is 0 Å². The molecule has 4 nitrogen and oxygen atoms in total. The average molecular weight is 267 g/mol. The minimum absolute atomic E-state index is 0.748. The van der Waals surface area contributed by atoms with E-state index >= 15 is 0 Å². The molecule has 3 aromatic rings. The summed E-state index contributed by atoms with van der Waals surface area (Å²) in [6.45, 7) is 5.07. The zero-order chi connectivity index (χ0) is 13.9. The summed E-state index contributed by atoms with van der Waals surface area (Å²) in [7, 11) is 0. The first kappa shape index (κ1) is 12.7. The maximum absolute atomic E-state index is 5.84. The number of nitrogens with one attached hydrogen (secondary N) is 1. The van der Waals surface area contributed by atoms with Crippen LogP contribution < -0.4 is 5.32 Å². The molecule has 1 N–H and O–H groups in total. The SMILES string of the molecule is CCCNc1cncc(-c2cc3cc(C)ccc3o2)n1. The van der Waals surface area contributed by atoms with Crippen molar-refractivity contribution in [2.24, 2.45) is 0 Å². The number of rotatable bonds is 4. The van der Waals surface area contributed by atoms with Gasteiger partial charge in [-0.2, -0.15) is 0 Å². The van der Waals surface area contributed by atoms with E-state index in [0.717, 1.165) is 41.2 Å². The molecule has 0 radical (unpaired) electrons. The van der Waals surface area contributed by atoms with Gasteiger partial charge in [0.05, 0.1) is 12.4 Å². The van der Waals surface area contributed by atoms with Gasteiger partial charge in [0.1, 0.15) is 17.1 Å². The van der Waals surface area contributed by atoms with Crippen LogP contribution >= 0.6 is 0 Å². The molecular weight excluding hydrogens is 250 g/mol. The van der Waals surface area contributed by atoms with E-state index in [1.54, 1.807) is 12.4 Å². The van der Waals surface area contributed by atoms with Gasteiger partial charge in [0, 0.05) is 11.9 Å². The summed E-state index contributed by atoms with van der Waals surface area (Å²) in [5.41, 5.74) is 2.84. The number of aromatic nitrogens is 2. The van der Waals surface area contributed by atoms with Gasteiger partial charge in [-0.05, 0) is 31.5 Å². The summed E-state index contributed by atoms with van der Waals surface area (Å²) < 4.78 is 5.84. The summed E-state index contributed by atoms with van der Waals surface area (Å²) in [6.07, 6.45) is 4.50. The van der Waals surface area contributed by atoms with Crippen LogP contribution in [-0.4, -0.2) is 16.5 Å². The molecule has 1 aromatic carbocycles. The first-order chi connectivity index (χ1) is 9.76. The Balaban J connectivity index is 1.97. The fourth-order valence-corrected chi connectivity index (χ4v) is 2.11. The molecule has 0 spiro atoms. The van der Waals surface area contributed by atoms with Gasteiger partial charge in [0.25, 0.3) is 0 Å². The lowest BCUT2D eigenvalue weighted by Gasteiger charge is -2.03. The third-order valence-corrected chi connectivity index (χ3v) is 3.11. The van der Waals surface area contributed by atoms with Crippen molar-refractivity contribution in [3.63, 3.8) is 0 Å². The second-order valence-electron chi connectivity index (χ2n) is 4.87. The standard InChI is InChI=1S/C16H17N3O/c1-3-6-18-16-10-17-9-13(19-16)15-8-12-7-11(2)4-5-14(12)20-15/h4-5,7-10H,3,6H2,1-2H3,(H,18,19). The summed E-state index contributed by atoms with van der Waals surface area (Å²) in [6, 6.07) is 8.15. The highest BCUT2D eigenvalue weighted by Gasteiger charge is 2.08. The minimum atomic E-state index is 0.748. The van der Waals surface area contributed by atoms with Gasteiger partial charge in [-0.25, -0.2) is 4.98 Å². The van der Waals surface area contributed by atoms with Crippen LogP contribution in [0.4, 0.5) is 5.82 Å². The van der Waals surface area contributed by atoms with E-state index < -0.39 is 0 Å².